The Morgan fingerprint density at radius 1 is 1.37 bits per heavy atom. The Bertz CT molecular complexity index is 610. The summed E-state index contributed by atoms with van der Waals surface area (Å²) in [6.07, 6.45) is 0.0567. The third-order valence-corrected chi connectivity index (χ3v) is 3.24. The van der Waals surface area contributed by atoms with Gasteiger partial charge < -0.3 is 0 Å². The van der Waals surface area contributed by atoms with Gasteiger partial charge in [-0.3, -0.25) is 20.3 Å². The first-order valence-electron chi connectivity index (χ1n) is 5.17. The van der Waals surface area contributed by atoms with Crippen LogP contribution in [0.2, 0.25) is 0 Å². The van der Waals surface area contributed by atoms with Crippen molar-refractivity contribution in [2.24, 2.45) is 5.84 Å². The number of amides is 1. The number of nitrogens with zero attached hydrogens (tertiary/aromatic N) is 3. The fraction of sp³-hybridized carbons (Fsp3) is 0.100. The summed E-state index contributed by atoms with van der Waals surface area (Å²) in [6, 6.07) is 5.96. The molecule has 0 saturated carbocycles. The van der Waals surface area contributed by atoms with Gasteiger partial charge in [-0.2, -0.15) is 0 Å². The molecule has 0 aliphatic rings. The highest BCUT2D eigenvalue weighted by atomic mass is 32.1. The van der Waals surface area contributed by atoms with Gasteiger partial charge in [0.2, 0.25) is 5.91 Å². The molecule has 2 rings (SSSR count). The van der Waals surface area contributed by atoms with E-state index in [0.717, 1.165) is 0 Å². The van der Waals surface area contributed by atoms with Crippen LogP contribution in [0.15, 0.2) is 24.3 Å². The van der Waals surface area contributed by atoms with Crippen LogP contribution in [0, 0.1) is 10.1 Å². The molecule has 0 fully saturated rings. The van der Waals surface area contributed by atoms with Crippen LogP contribution in [-0.4, -0.2) is 21.0 Å². The zero-order valence-electron chi connectivity index (χ0n) is 9.57. The molecule has 98 valence electrons. The van der Waals surface area contributed by atoms with E-state index < -0.39 is 4.92 Å². The van der Waals surface area contributed by atoms with Crippen molar-refractivity contribution in [1.82, 2.24) is 15.6 Å². The highest BCUT2D eigenvalue weighted by Crippen LogP contribution is 2.25. The van der Waals surface area contributed by atoms with Gasteiger partial charge in [-0.25, -0.2) is 5.84 Å². The highest BCUT2D eigenvalue weighted by molar-refractivity contribution is 7.14. The van der Waals surface area contributed by atoms with Crippen molar-refractivity contribution in [2.75, 3.05) is 0 Å². The number of hydrazine groups is 1. The number of nitro groups is 1. The molecule has 3 N–H and O–H groups in total. The van der Waals surface area contributed by atoms with Crippen LogP contribution in [0.1, 0.15) is 5.01 Å². The summed E-state index contributed by atoms with van der Waals surface area (Å²) >= 11 is 1.24. The molecule has 0 spiro atoms. The van der Waals surface area contributed by atoms with E-state index in [9.17, 15) is 14.9 Å². The lowest BCUT2D eigenvalue weighted by Gasteiger charge is -1.95. The Morgan fingerprint density at radius 3 is 2.63 bits per heavy atom. The number of carbonyl (C=O) groups is 1. The third-order valence-electron chi connectivity index (χ3n) is 2.26. The molecule has 0 saturated heterocycles. The number of rotatable bonds is 4. The maximum atomic E-state index is 11.1. The Hall–Kier alpha value is -2.39. The van der Waals surface area contributed by atoms with Crippen LogP contribution < -0.4 is 11.3 Å². The van der Waals surface area contributed by atoms with Gasteiger partial charge in [0.05, 0.1) is 11.3 Å². The lowest BCUT2D eigenvalue weighted by atomic mass is 10.2. The van der Waals surface area contributed by atoms with E-state index in [2.05, 4.69) is 10.2 Å². The standard InChI is InChI=1S/C10H9N5O3S/c11-12-8(16)5-9-13-14-10(19-9)6-1-3-7(4-2-6)15(17)18/h1-4H,5,11H2,(H,12,16). The van der Waals surface area contributed by atoms with E-state index in [0.29, 0.717) is 15.6 Å². The van der Waals surface area contributed by atoms with Crippen LogP contribution in [0.3, 0.4) is 0 Å². The lowest BCUT2D eigenvalue weighted by Crippen LogP contribution is -2.31. The van der Waals surface area contributed by atoms with Crippen LogP contribution in [0.25, 0.3) is 10.6 Å². The number of hydrogen-bond acceptors (Lipinski definition) is 7. The molecule has 0 aliphatic heterocycles. The first-order valence-corrected chi connectivity index (χ1v) is 5.98. The zero-order valence-corrected chi connectivity index (χ0v) is 10.4. The predicted molar refractivity (Wildman–Crippen MR) is 68.0 cm³/mol. The lowest BCUT2D eigenvalue weighted by molar-refractivity contribution is -0.384. The number of hydrogen-bond donors (Lipinski definition) is 2. The number of nitro benzene ring substituents is 1. The molecule has 0 bridgehead atoms. The van der Waals surface area contributed by atoms with Gasteiger partial charge >= 0.3 is 0 Å². The summed E-state index contributed by atoms with van der Waals surface area (Å²) in [7, 11) is 0. The molecule has 1 heterocycles. The maximum absolute atomic E-state index is 11.1. The van der Waals surface area contributed by atoms with Gasteiger partial charge in [0.25, 0.3) is 5.69 Å². The van der Waals surface area contributed by atoms with Gasteiger partial charge in [-0.15, -0.1) is 10.2 Å². The summed E-state index contributed by atoms with van der Waals surface area (Å²) in [4.78, 5) is 21.1. The van der Waals surface area contributed by atoms with Crippen LogP contribution in [0.5, 0.6) is 0 Å². The number of carbonyl (C=O) groups excluding carboxylic acids is 1. The Kier molecular flexibility index (Phi) is 3.78. The third kappa shape index (κ3) is 3.09. The minimum atomic E-state index is -0.471. The van der Waals surface area contributed by atoms with Gasteiger partial charge in [-0.05, 0) is 12.1 Å². The normalized spacial score (nSPS) is 10.2. The van der Waals surface area contributed by atoms with Crippen molar-refractivity contribution in [3.05, 3.63) is 39.4 Å². The fourth-order valence-corrected chi connectivity index (χ4v) is 2.20. The van der Waals surface area contributed by atoms with Crippen molar-refractivity contribution in [3.63, 3.8) is 0 Å². The summed E-state index contributed by atoms with van der Waals surface area (Å²) in [5, 5.41) is 19.4. The van der Waals surface area contributed by atoms with Crippen molar-refractivity contribution in [2.45, 2.75) is 6.42 Å². The summed E-state index contributed by atoms with van der Waals surface area (Å²) in [5.41, 5.74) is 2.73. The van der Waals surface area contributed by atoms with E-state index in [-0.39, 0.29) is 18.0 Å². The van der Waals surface area contributed by atoms with E-state index in [1.807, 2.05) is 5.43 Å². The second-order valence-electron chi connectivity index (χ2n) is 3.55. The second-order valence-corrected chi connectivity index (χ2v) is 4.61. The predicted octanol–water partition coefficient (Wildman–Crippen LogP) is 0.646. The largest absolute Gasteiger partial charge is 0.294 e. The first-order chi connectivity index (χ1) is 9.10. The molecule has 2 aromatic rings. The monoisotopic (exact) mass is 279 g/mol. The number of aromatic nitrogens is 2. The van der Waals surface area contributed by atoms with Crippen molar-refractivity contribution in [3.8, 4) is 10.6 Å². The minimum Gasteiger partial charge on any atom is -0.294 e. The van der Waals surface area contributed by atoms with Crippen molar-refractivity contribution >= 4 is 22.9 Å². The molecule has 0 aliphatic carbocycles. The van der Waals surface area contributed by atoms with Crippen LogP contribution in [-0.2, 0) is 11.2 Å². The SMILES string of the molecule is NNC(=O)Cc1nnc(-c2ccc([N+](=O)[O-])cc2)s1. The number of non-ortho nitro benzene ring substituents is 1. The second kappa shape index (κ2) is 5.50. The Labute approximate surface area is 111 Å². The average Bonchev–Trinajstić information content (AvgIpc) is 2.87. The highest BCUT2D eigenvalue weighted by Gasteiger charge is 2.11. The van der Waals surface area contributed by atoms with Gasteiger partial charge in [-0.1, -0.05) is 11.3 Å². The van der Waals surface area contributed by atoms with Crippen molar-refractivity contribution < 1.29 is 9.72 Å². The molecule has 9 heteroatoms. The van der Waals surface area contributed by atoms with Gasteiger partial charge in [0.1, 0.15) is 10.0 Å². The van der Waals surface area contributed by atoms with Crippen LogP contribution in [0.4, 0.5) is 5.69 Å². The number of nitrogens with one attached hydrogen (secondary N) is 1. The topological polar surface area (TPSA) is 124 Å². The van der Waals surface area contributed by atoms with E-state index in [1.54, 1.807) is 12.1 Å². The van der Waals surface area contributed by atoms with Gasteiger partial charge in [0, 0.05) is 17.7 Å². The van der Waals surface area contributed by atoms with Crippen LogP contribution >= 0.6 is 11.3 Å². The minimum absolute atomic E-state index is 0.0102. The summed E-state index contributed by atoms with van der Waals surface area (Å²) in [6.45, 7) is 0. The zero-order chi connectivity index (χ0) is 13.8. The van der Waals surface area contributed by atoms with Gasteiger partial charge in [0.15, 0.2) is 0 Å². The average molecular weight is 279 g/mol. The van der Waals surface area contributed by atoms with Crippen molar-refractivity contribution in [1.29, 1.82) is 0 Å². The molecule has 19 heavy (non-hydrogen) atoms. The quantitative estimate of drug-likeness (QED) is 0.366. The number of benzene rings is 1. The first kappa shape index (κ1) is 13.1. The van der Waals surface area contributed by atoms with E-state index >= 15 is 0 Å². The molecule has 0 atom stereocenters. The molecule has 0 unspecified atom stereocenters. The summed E-state index contributed by atoms with van der Waals surface area (Å²) in [5.74, 6) is 4.62. The molecule has 1 aromatic heterocycles. The maximum Gasteiger partial charge on any atom is 0.269 e. The molecular weight excluding hydrogens is 270 g/mol. The molecule has 1 amide bonds. The summed E-state index contributed by atoms with van der Waals surface area (Å²) < 4.78 is 0. The fourth-order valence-electron chi connectivity index (χ4n) is 1.36. The van der Waals surface area contributed by atoms with E-state index in [1.165, 1.54) is 23.5 Å². The Morgan fingerprint density at radius 2 is 2.05 bits per heavy atom. The van der Waals surface area contributed by atoms with E-state index in [4.69, 9.17) is 5.84 Å². The molecule has 1 aromatic carbocycles. The Balaban J connectivity index is 2.18. The number of nitrogens with two attached hydrogens (primary N) is 1. The molecule has 8 nitrogen and oxygen atoms in total. The molecular formula is C10H9N5O3S. The smallest absolute Gasteiger partial charge is 0.269 e. The molecule has 0 radical (unpaired) electrons.